The predicted octanol–water partition coefficient (Wildman–Crippen LogP) is 4.69. The Balaban J connectivity index is 1.98. The summed E-state index contributed by atoms with van der Waals surface area (Å²) in [6, 6.07) is 5.30. The van der Waals surface area contributed by atoms with Crippen molar-refractivity contribution in [2.24, 2.45) is 0 Å². The van der Waals surface area contributed by atoms with Crippen molar-refractivity contribution >= 4 is 34.6 Å². The molecule has 3 rings (SSSR count). The van der Waals surface area contributed by atoms with E-state index in [0.29, 0.717) is 40.4 Å². The van der Waals surface area contributed by atoms with Crippen LogP contribution in [0.15, 0.2) is 36.7 Å². The molecule has 2 heterocycles. The summed E-state index contributed by atoms with van der Waals surface area (Å²) in [7, 11) is 1.53. The normalized spacial score (nSPS) is 11.8. The molecule has 1 amide bonds. The highest BCUT2D eigenvalue weighted by Gasteiger charge is 2.19. The highest BCUT2D eigenvalue weighted by atomic mass is 35.5. The van der Waals surface area contributed by atoms with Gasteiger partial charge in [-0.3, -0.25) is 9.89 Å². The van der Waals surface area contributed by atoms with Crippen LogP contribution in [0, 0.1) is 0 Å². The number of carbonyl (C=O) groups is 1. The molecule has 174 valence electrons. The molecule has 0 saturated carbocycles. The van der Waals surface area contributed by atoms with Crippen LogP contribution in [0.2, 0.25) is 0 Å². The average molecular weight is 470 g/mol. The number of hydrogen-bond donors (Lipinski definition) is 3. The molecule has 2 aromatic heterocycles. The largest absolute Gasteiger partial charge is 0.496 e. The van der Waals surface area contributed by atoms with Crippen LogP contribution in [-0.2, 0) is 0 Å². The molecule has 0 aliphatic carbocycles. The van der Waals surface area contributed by atoms with E-state index >= 15 is 0 Å². The minimum Gasteiger partial charge on any atom is -0.496 e. The van der Waals surface area contributed by atoms with E-state index in [9.17, 15) is 4.79 Å². The Labute approximate surface area is 197 Å². The molecule has 33 heavy (non-hydrogen) atoms. The van der Waals surface area contributed by atoms with Crippen molar-refractivity contribution in [1.82, 2.24) is 30.3 Å². The quantitative estimate of drug-likeness (QED) is 0.419. The van der Waals surface area contributed by atoms with Gasteiger partial charge in [-0.15, -0.1) is 5.10 Å². The van der Waals surface area contributed by atoms with Gasteiger partial charge in [0.05, 0.1) is 35.6 Å². The van der Waals surface area contributed by atoms with Crippen LogP contribution in [0.1, 0.15) is 55.4 Å². The van der Waals surface area contributed by atoms with Gasteiger partial charge < -0.3 is 15.4 Å². The van der Waals surface area contributed by atoms with Crippen molar-refractivity contribution in [3.05, 3.63) is 53.5 Å². The first-order valence-electron chi connectivity index (χ1n) is 10.5. The molecule has 9 nitrogen and oxygen atoms in total. The SMILES string of the molecule is C=Cc1[nH]ncc1/C(Cl)=C(\C)Nc1nc(-c2ccc(C(=O)NCC)c(OC)c2)nn1C(C)C. The number of aromatic amines is 1. The van der Waals surface area contributed by atoms with Gasteiger partial charge in [0, 0.05) is 23.4 Å². The van der Waals surface area contributed by atoms with E-state index in [-0.39, 0.29) is 11.9 Å². The fraction of sp³-hybridized carbons (Fsp3) is 0.304. The van der Waals surface area contributed by atoms with Gasteiger partial charge in [-0.2, -0.15) is 10.1 Å². The Kier molecular flexibility index (Phi) is 7.55. The number of ether oxygens (including phenoxy) is 1. The molecule has 0 aliphatic heterocycles. The first kappa shape index (κ1) is 24.1. The first-order chi connectivity index (χ1) is 15.8. The summed E-state index contributed by atoms with van der Waals surface area (Å²) in [5.41, 5.74) is 3.32. The summed E-state index contributed by atoms with van der Waals surface area (Å²) >= 11 is 6.60. The van der Waals surface area contributed by atoms with Crippen molar-refractivity contribution in [1.29, 1.82) is 0 Å². The van der Waals surface area contributed by atoms with Crippen LogP contribution in [0.5, 0.6) is 5.75 Å². The predicted molar refractivity (Wildman–Crippen MR) is 131 cm³/mol. The fourth-order valence-electron chi connectivity index (χ4n) is 3.22. The Hall–Kier alpha value is -3.59. The molecule has 0 bridgehead atoms. The van der Waals surface area contributed by atoms with Gasteiger partial charge >= 0.3 is 0 Å². The van der Waals surface area contributed by atoms with Crippen molar-refractivity contribution in [2.45, 2.75) is 33.7 Å². The number of rotatable bonds is 9. The summed E-state index contributed by atoms with van der Waals surface area (Å²) in [5, 5.41) is 18.1. The zero-order chi connectivity index (χ0) is 24.1. The van der Waals surface area contributed by atoms with Crippen molar-refractivity contribution in [2.75, 3.05) is 19.0 Å². The smallest absolute Gasteiger partial charge is 0.255 e. The topological polar surface area (TPSA) is 110 Å². The standard InChI is InChI=1S/C23H28ClN7O2/c1-7-18-17(12-26-29-18)20(24)14(5)27-23-28-21(30-31(23)13(3)4)15-9-10-16(19(11-15)33-6)22(32)25-8-2/h7,9-13H,1,8H2,2-6H3,(H,25,32)(H,26,29)(H,27,28,30)/b20-14-. The van der Waals surface area contributed by atoms with Gasteiger partial charge in [-0.25, -0.2) is 4.68 Å². The second-order valence-corrected chi connectivity index (χ2v) is 7.92. The summed E-state index contributed by atoms with van der Waals surface area (Å²) in [6.07, 6.45) is 3.30. The third-order valence-corrected chi connectivity index (χ3v) is 5.39. The zero-order valence-electron chi connectivity index (χ0n) is 19.4. The van der Waals surface area contributed by atoms with E-state index in [2.05, 4.69) is 37.5 Å². The number of carbonyl (C=O) groups excluding carboxylic acids is 1. The summed E-state index contributed by atoms with van der Waals surface area (Å²) in [4.78, 5) is 17.0. The van der Waals surface area contributed by atoms with E-state index < -0.39 is 0 Å². The molecule has 0 aliphatic rings. The van der Waals surface area contributed by atoms with Crippen molar-refractivity contribution < 1.29 is 9.53 Å². The molecule has 0 fully saturated rings. The van der Waals surface area contributed by atoms with Crippen LogP contribution < -0.4 is 15.4 Å². The second kappa shape index (κ2) is 10.4. The number of methoxy groups -OCH3 is 1. The molecule has 0 unspecified atom stereocenters. The van der Waals surface area contributed by atoms with Gasteiger partial charge in [-0.1, -0.05) is 24.2 Å². The second-order valence-electron chi connectivity index (χ2n) is 7.54. The van der Waals surface area contributed by atoms with E-state index in [4.69, 9.17) is 16.3 Å². The van der Waals surface area contributed by atoms with Gasteiger partial charge in [0.25, 0.3) is 5.91 Å². The third kappa shape index (κ3) is 5.09. The number of halogens is 1. The summed E-state index contributed by atoms with van der Waals surface area (Å²) in [6.45, 7) is 12.0. The molecule has 0 atom stereocenters. The number of benzene rings is 1. The molecular weight excluding hydrogens is 442 g/mol. The summed E-state index contributed by atoms with van der Waals surface area (Å²) < 4.78 is 7.21. The lowest BCUT2D eigenvalue weighted by molar-refractivity contribution is 0.0953. The molecular formula is C23H28ClN7O2. The number of nitrogens with zero attached hydrogens (tertiary/aromatic N) is 4. The lowest BCUT2D eigenvalue weighted by Crippen LogP contribution is -2.23. The molecule has 3 aromatic rings. The number of H-pyrrole nitrogens is 1. The van der Waals surface area contributed by atoms with E-state index in [1.54, 1.807) is 35.2 Å². The number of amides is 1. The minimum atomic E-state index is -0.197. The number of hydrogen-bond acceptors (Lipinski definition) is 6. The minimum absolute atomic E-state index is 0.0366. The highest BCUT2D eigenvalue weighted by molar-refractivity contribution is 6.49. The van der Waals surface area contributed by atoms with E-state index in [1.165, 1.54) is 7.11 Å². The molecule has 0 spiro atoms. The van der Waals surface area contributed by atoms with Crippen LogP contribution in [0.3, 0.4) is 0 Å². The molecule has 1 aromatic carbocycles. The lowest BCUT2D eigenvalue weighted by atomic mass is 10.1. The maximum Gasteiger partial charge on any atom is 0.255 e. The number of nitrogens with one attached hydrogen (secondary N) is 3. The third-order valence-electron chi connectivity index (χ3n) is 4.90. The molecule has 3 N–H and O–H groups in total. The van der Waals surface area contributed by atoms with Gasteiger partial charge in [-0.05, 0) is 45.9 Å². The fourth-order valence-corrected chi connectivity index (χ4v) is 3.41. The Bertz CT molecular complexity index is 1190. The number of aromatic nitrogens is 5. The van der Waals surface area contributed by atoms with E-state index in [1.807, 2.05) is 27.7 Å². The van der Waals surface area contributed by atoms with Crippen LogP contribution in [0.4, 0.5) is 5.95 Å². The number of allylic oxidation sites excluding steroid dienone is 1. The van der Waals surface area contributed by atoms with Gasteiger partial charge in [0.2, 0.25) is 5.95 Å². The first-order valence-corrected chi connectivity index (χ1v) is 10.9. The number of anilines is 1. The van der Waals surface area contributed by atoms with Crippen LogP contribution >= 0.6 is 11.6 Å². The van der Waals surface area contributed by atoms with Crippen LogP contribution in [0.25, 0.3) is 22.5 Å². The Morgan fingerprint density at radius 1 is 1.36 bits per heavy atom. The average Bonchev–Trinajstić information content (AvgIpc) is 3.45. The molecule has 0 radical (unpaired) electrons. The maximum absolute atomic E-state index is 12.3. The highest BCUT2D eigenvalue weighted by Crippen LogP contribution is 2.30. The zero-order valence-corrected chi connectivity index (χ0v) is 20.1. The van der Waals surface area contributed by atoms with Crippen molar-refractivity contribution in [3.8, 4) is 17.1 Å². The maximum atomic E-state index is 12.3. The monoisotopic (exact) mass is 469 g/mol. The Morgan fingerprint density at radius 3 is 2.76 bits per heavy atom. The molecule has 0 saturated heterocycles. The molecule has 10 heteroatoms. The van der Waals surface area contributed by atoms with Crippen molar-refractivity contribution in [3.63, 3.8) is 0 Å². The van der Waals surface area contributed by atoms with Crippen LogP contribution in [-0.4, -0.2) is 44.5 Å². The lowest BCUT2D eigenvalue weighted by Gasteiger charge is -2.12. The Morgan fingerprint density at radius 2 is 2.12 bits per heavy atom. The summed E-state index contributed by atoms with van der Waals surface area (Å²) in [5.74, 6) is 1.28. The van der Waals surface area contributed by atoms with Gasteiger partial charge in [0.15, 0.2) is 5.82 Å². The van der Waals surface area contributed by atoms with E-state index in [0.717, 1.165) is 16.8 Å². The van der Waals surface area contributed by atoms with Gasteiger partial charge in [0.1, 0.15) is 5.75 Å².